The van der Waals surface area contributed by atoms with Crippen LogP contribution in [0.25, 0.3) is 5.57 Å². The lowest BCUT2D eigenvalue weighted by Crippen LogP contribution is -2.13. The lowest BCUT2D eigenvalue weighted by Gasteiger charge is -2.09. The number of hydrogen-bond donors (Lipinski definition) is 1. The largest absolute Gasteiger partial charge is 0.366 e. The van der Waals surface area contributed by atoms with Gasteiger partial charge in [0.15, 0.2) is 0 Å². The Labute approximate surface area is 145 Å². The monoisotopic (exact) mass is 324 g/mol. The van der Waals surface area contributed by atoms with Gasteiger partial charge >= 0.3 is 0 Å². The van der Waals surface area contributed by atoms with Crippen LogP contribution in [0.4, 0.5) is 0 Å². The molecule has 128 valence electrons. The number of nitrogens with two attached hydrogens (primary N) is 1. The van der Waals surface area contributed by atoms with Crippen LogP contribution in [-0.4, -0.2) is 10.9 Å². The average Bonchev–Trinajstić information content (AvgIpc) is 2.58. The molecule has 3 heteroatoms. The number of aromatic nitrogens is 1. The molecule has 1 aromatic heterocycles. The first-order chi connectivity index (χ1) is 11.5. The van der Waals surface area contributed by atoms with E-state index < -0.39 is 0 Å². The van der Waals surface area contributed by atoms with Gasteiger partial charge in [-0.15, -0.1) is 0 Å². The van der Waals surface area contributed by atoms with Crippen molar-refractivity contribution in [1.29, 1.82) is 0 Å². The number of nitrogens with zero attached hydrogens (tertiary/aromatic N) is 1. The van der Waals surface area contributed by atoms with E-state index in [0.29, 0.717) is 5.57 Å². The number of primary amides is 1. The molecular formula is C21H28N2O. The highest BCUT2D eigenvalue weighted by atomic mass is 16.1. The summed E-state index contributed by atoms with van der Waals surface area (Å²) in [6.45, 7) is 8.04. The Kier molecular flexibility index (Phi) is 8.48. The van der Waals surface area contributed by atoms with Crippen LogP contribution >= 0.6 is 0 Å². The van der Waals surface area contributed by atoms with Gasteiger partial charge in [-0.05, 0) is 61.9 Å². The molecule has 0 atom stereocenters. The molecule has 0 fully saturated rings. The molecule has 2 rings (SSSR count). The molecule has 1 heterocycles. The summed E-state index contributed by atoms with van der Waals surface area (Å²) >= 11 is 0. The molecule has 0 aliphatic rings. The van der Waals surface area contributed by atoms with Gasteiger partial charge in [-0.25, -0.2) is 0 Å². The van der Waals surface area contributed by atoms with Crippen molar-refractivity contribution in [2.24, 2.45) is 5.73 Å². The fourth-order valence-electron chi connectivity index (χ4n) is 2.40. The third-order valence-electron chi connectivity index (χ3n) is 3.99. The highest BCUT2D eigenvalue weighted by Gasteiger charge is 2.10. The van der Waals surface area contributed by atoms with E-state index in [4.69, 9.17) is 5.73 Å². The van der Waals surface area contributed by atoms with Crippen LogP contribution in [0.1, 0.15) is 48.9 Å². The first-order valence-corrected chi connectivity index (χ1v) is 8.42. The topological polar surface area (TPSA) is 56.0 Å². The average molecular weight is 324 g/mol. The minimum Gasteiger partial charge on any atom is -0.366 e. The van der Waals surface area contributed by atoms with Gasteiger partial charge in [0.1, 0.15) is 0 Å². The Morgan fingerprint density at radius 1 is 1.21 bits per heavy atom. The maximum atomic E-state index is 11.1. The van der Waals surface area contributed by atoms with Gasteiger partial charge < -0.3 is 5.73 Å². The molecule has 24 heavy (non-hydrogen) atoms. The van der Waals surface area contributed by atoms with Gasteiger partial charge in [-0.1, -0.05) is 43.7 Å². The Hall–Kier alpha value is -2.42. The third-order valence-corrected chi connectivity index (χ3v) is 3.99. The molecule has 0 bridgehead atoms. The zero-order valence-corrected chi connectivity index (χ0v) is 15.2. The van der Waals surface area contributed by atoms with E-state index in [9.17, 15) is 4.79 Å². The SMILES string of the molecule is C/C=C(/C(N)=O)c1cccc(C)c1C.CCCCc1cccnc1. The molecular weight excluding hydrogens is 296 g/mol. The van der Waals surface area contributed by atoms with Crippen molar-refractivity contribution in [3.8, 4) is 0 Å². The molecule has 2 N–H and O–H groups in total. The van der Waals surface area contributed by atoms with Gasteiger partial charge in [-0.2, -0.15) is 0 Å². The van der Waals surface area contributed by atoms with E-state index in [2.05, 4.69) is 18.0 Å². The molecule has 0 aliphatic carbocycles. The Bertz CT molecular complexity index is 675. The summed E-state index contributed by atoms with van der Waals surface area (Å²) < 4.78 is 0. The predicted molar refractivity (Wildman–Crippen MR) is 102 cm³/mol. The van der Waals surface area contributed by atoms with Gasteiger partial charge in [0, 0.05) is 18.0 Å². The molecule has 0 radical (unpaired) electrons. The fourth-order valence-corrected chi connectivity index (χ4v) is 2.40. The number of amides is 1. The van der Waals surface area contributed by atoms with Crippen LogP contribution in [-0.2, 0) is 11.2 Å². The summed E-state index contributed by atoms with van der Waals surface area (Å²) in [6.07, 6.45) is 9.21. The number of carbonyl (C=O) groups is 1. The second-order valence-corrected chi connectivity index (χ2v) is 5.78. The van der Waals surface area contributed by atoms with Gasteiger partial charge in [0.25, 0.3) is 0 Å². The molecule has 0 aliphatic heterocycles. The number of aryl methyl sites for hydroxylation is 2. The zero-order valence-electron chi connectivity index (χ0n) is 15.2. The number of hydrogen-bond acceptors (Lipinski definition) is 2. The first kappa shape index (κ1) is 19.6. The molecule has 2 aromatic rings. The highest BCUT2D eigenvalue weighted by molar-refractivity contribution is 6.19. The van der Waals surface area contributed by atoms with E-state index in [-0.39, 0.29) is 5.91 Å². The second kappa shape index (κ2) is 10.4. The van der Waals surface area contributed by atoms with Crippen LogP contribution in [0.15, 0.2) is 48.8 Å². The quantitative estimate of drug-likeness (QED) is 0.816. The summed E-state index contributed by atoms with van der Waals surface area (Å²) in [5, 5.41) is 0. The smallest absolute Gasteiger partial charge is 0.248 e. The molecule has 1 aromatic carbocycles. The van der Waals surface area contributed by atoms with Crippen molar-refractivity contribution in [3.63, 3.8) is 0 Å². The van der Waals surface area contributed by atoms with Crippen molar-refractivity contribution < 1.29 is 4.79 Å². The maximum absolute atomic E-state index is 11.1. The van der Waals surface area contributed by atoms with Crippen molar-refractivity contribution in [2.75, 3.05) is 0 Å². The normalized spacial score (nSPS) is 10.8. The molecule has 0 unspecified atom stereocenters. The summed E-state index contributed by atoms with van der Waals surface area (Å²) in [5.41, 5.74) is 10.4. The summed E-state index contributed by atoms with van der Waals surface area (Å²) in [7, 11) is 0. The predicted octanol–water partition coefficient (Wildman–Crippen LogP) is 4.62. The number of allylic oxidation sites excluding steroid dienone is 1. The maximum Gasteiger partial charge on any atom is 0.248 e. The molecule has 0 saturated carbocycles. The van der Waals surface area contributed by atoms with E-state index in [1.807, 2.05) is 57.4 Å². The molecule has 3 nitrogen and oxygen atoms in total. The minimum atomic E-state index is -0.374. The van der Waals surface area contributed by atoms with Gasteiger partial charge in [0.05, 0.1) is 0 Å². The number of benzene rings is 1. The summed E-state index contributed by atoms with van der Waals surface area (Å²) in [6, 6.07) is 9.99. The number of unbranched alkanes of at least 4 members (excludes halogenated alkanes) is 1. The molecule has 0 saturated heterocycles. The first-order valence-electron chi connectivity index (χ1n) is 8.42. The molecule has 1 amide bonds. The van der Waals surface area contributed by atoms with Crippen molar-refractivity contribution in [2.45, 2.75) is 47.0 Å². The van der Waals surface area contributed by atoms with Gasteiger partial charge in [-0.3, -0.25) is 9.78 Å². The van der Waals surface area contributed by atoms with Crippen molar-refractivity contribution >= 4 is 11.5 Å². The van der Waals surface area contributed by atoms with Crippen LogP contribution < -0.4 is 5.73 Å². The minimum absolute atomic E-state index is 0.374. The second-order valence-electron chi connectivity index (χ2n) is 5.78. The summed E-state index contributed by atoms with van der Waals surface area (Å²) in [4.78, 5) is 15.2. The van der Waals surface area contributed by atoms with Crippen LogP contribution in [0.2, 0.25) is 0 Å². The van der Waals surface area contributed by atoms with E-state index in [1.54, 1.807) is 6.08 Å². The van der Waals surface area contributed by atoms with Crippen LogP contribution in [0.5, 0.6) is 0 Å². The zero-order chi connectivity index (χ0) is 17.9. The highest BCUT2D eigenvalue weighted by Crippen LogP contribution is 2.20. The third kappa shape index (κ3) is 5.99. The Morgan fingerprint density at radius 2 is 1.96 bits per heavy atom. The molecule has 0 spiro atoms. The van der Waals surface area contributed by atoms with E-state index in [1.165, 1.54) is 30.4 Å². The number of rotatable bonds is 5. The number of carbonyl (C=O) groups excluding carboxylic acids is 1. The lowest BCUT2D eigenvalue weighted by molar-refractivity contribution is -0.112. The van der Waals surface area contributed by atoms with Crippen molar-refractivity contribution in [3.05, 3.63) is 71.1 Å². The number of pyridine rings is 1. The van der Waals surface area contributed by atoms with Crippen molar-refractivity contribution in [1.82, 2.24) is 4.98 Å². The van der Waals surface area contributed by atoms with Gasteiger partial charge in [0.2, 0.25) is 5.91 Å². The lowest BCUT2D eigenvalue weighted by atomic mass is 9.96. The van der Waals surface area contributed by atoms with Crippen LogP contribution in [0, 0.1) is 13.8 Å². The standard InChI is InChI=1S/C12H15NO.C9H13N/c1-4-10(12(13)14)11-7-5-6-8(2)9(11)3;1-2-3-5-9-6-4-7-10-8-9/h4-7H,1-3H3,(H2,13,14);4,6-8H,2-3,5H2,1H3/b10-4+;. The van der Waals surface area contributed by atoms with E-state index in [0.717, 1.165) is 11.1 Å². The van der Waals surface area contributed by atoms with Crippen LogP contribution in [0.3, 0.4) is 0 Å². The summed E-state index contributed by atoms with van der Waals surface area (Å²) in [5.74, 6) is -0.374. The Balaban J connectivity index is 0.000000254. The Morgan fingerprint density at radius 3 is 2.50 bits per heavy atom. The van der Waals surface area contributed by atoms with E-state index >= 15 is 0 Å². The fraction of sp³-hybridized carbons (Fsp3) is 0.333.